The Bertz CT molecular complexity index is 588. The number of rotatable bonds is 5. The molecule has 106 valence electrons. The number of hydrogen-bond donors (Lipinski definition) is 1. The van der Waals surface area contributed by atoms with E-state index in [2.05, 4.69) is 36.5 Å². The van der Waals surface area contributed by atoms with Gasteiger partial charge in [-0.05, 0) is 49.4 Å². The van der Waals surface area contributed by atoms with Gasteiger partial charge in [-0.3, -0.25) is 0 Å². The molecular formula is C16H17ClFNS. The van der Waals surface area contributed by atoms with Crippen molar-refractivity contribution in [1.29, 1.82) is 0 Å². The number of hydrogen-bond acceptors (Lipinski definition) is 2. The molecule has 0 saturated carbocycles. The second-order valence-electron chi connectivity index (χ2n) is 4.62. The van der Waals surface area contributed by atoms with E-state index in [1.807, 2.05) is 7.05 Å². The Morgan fingerprint density at radius 1 is 1.25 bits per heavy atom. The van der Waals surface area contributed by atoms with Crippen molar-refractivity contribution < 1.29 is 4.39 Å². The lowest BCUT2D eigenvalue weighted by molar-refractivity contribution is 0.628. The van der Waals surface area contributed by atoms with Crippen LogP contribution in [0.1, 0.15) is 24.1 Å². The van der Waals surface area contributed by atoms with E-state index in [0.717, 1.165) is 11.3 Å². The third kappa shape index (κ3) is 3.98. The molecule has 4 heteroatoms. The van der Waals surface area contributed by atoms with E-state index < -0.39 is 0 Å². The van der Waals surface area contributed by atoms with Crippen molar-refractivity contribution >= 4 is 23.4 Å². The van der Waals surface area contributed by atoms with Crippen molar-refractivity contribution in [2.45, 2.75) is 23.6 Å². The van der Waals surface area contributed by atoms with Gasteiger partial charge >= 0.3 is 0 Å². The number of halogens is 2. The topological polar surface area (TPSA) is 12.0 Å². The minimum Gasteiger partial charge on any atom is -0.313 e. The van der Waals surface area contributed by atoms with Crippen LogP contribution in [0.3, 0.4) is 0 Å². The Hall–Kier alpha value is -1.03. The Balaban J connectivity index is 2.05. The molecule has 1 nitrogen and oxygen atoms in total. The van der Waals surface area contributed by atoms with Crippen molar-refractivity contribution in [2.75, 3.05) is 7.05 Å². The molecule has 0 fully saturated rings. The van der Waals surface area contributed by atoms with E-state index in [-0.39, 0.29) is 10.8 Å². The zero-order valence-corrected chi connectivity index (χ0v) is 13.1. The average molecular weight is 310 g/mol. The summed E-state index contributed by atoms with van der Waals surface area (Å²) in [5.41, 5.74) is 2.28. The van der Waals surface area contributed by atoms with E-state index in [4.69, 9.17) is 11.6 Å². The van der Waals surface area contributed by atoms with Crippen LogP contribution in [0.2, 0.25) is 5.02 Å². The van der Waals surface area contributed by atoms with Crippen LogP contribution in [0.4, 0.5) is 4.39 Å². The summed E-state index contributed by atoms with van der Waals surface area (Å²) in [7, 11) is 1.95. The predicted molar refractivity (Wildman–Crippen MR) is 84.9 cm³/mol. The third-order valence-electron chi connectivity index (χ3n) is 3.18. The van der Waals surface area contributed by atoms with Gasteiger partial charge in [0, 0.05) is 16.7 Å². The molecule has 2 aromatic carbocycles. The molecule has 0 aromatic heterocycles. The molecule has 0 radical (unpaired) electrons. The summed E-state index contributed by atoms with van der Waals surface area (Å²) in [5.74, 6) is 0.405. The minimum absolute atomic E-state index is 0.181. The second kappa shape index (κ2) is 7.11. The molecular weight excluding hydrogens is 293 g/mol. The summed E-state index contributed by atoms with van der Waals surface area (Å²) in [6.07, 6.45) is 0. The lowest BCUT2D eigenvalue weighted by atomic mass is 10.1. The highest BCUT2D eigenvalue weighted by atomic mass is 35.5. The van der Waals surface area contributed by atoms with Gasteiger partial charge in [-0.15, -0.1) is 11.8 Å². The molecule has 2 aromatic rings. The molecule has 0 bridgehead atoms. The Morgan fingerprint density at radius 2 is 2.05 bits per heavy atom. The van der Waals surface area contributed by atoms with Crippen molar-refractivity contribution in [3.05, 3.63) is 64.4 Å². The molecule has 2 rings (SSSR count). The maximum Gasteiger partial charge on any atom is 0.141 e. The molecule has 1 unspecified atom stereocenters. The summed E-state index contributed by atoms with van der Waals surface area (Å²) in [6.45, 7) is 2.13. The van der Waals surface area contributed by atoms with Crippen LogP contribution in [0.5, 0.6) is 0 Å². The van der Waals surface area contributed by atoms with Gasteiger partial charge in [0.15, 0.2) is 0 Å². The van der Waals surface area contributed by atoms with Crippen molar-refractivity contribution in [3.63, 3.8) is 0 Å². The van der Waals surface area contributed by atoms with Crippen LogP contribution in [-0.2, 0) is 5.75 Å². The van der Waals surface area contributed by atoms with Crippen molar-refractivity contribution in [3.8, 4) is 0 Å². The molecule has 0 aliphatic heterocycles. The van der Waals surface area contributed by atoms with Gasteiger partial charge in [-0.1, -0.05) is 29.8 Å². The van der Waals surface area contributed by atoms with Gasteiger partial charge in [0.2, 0.25) is 0 Å². The summed E-state index contributed by atoms with van der Waals surface area (Å²) < 4.78 is 13.1. The van der Waals surface area contributed by atoms with Crippen LogP contribution >= 0.6 is 23.4 Å². The van der Waals surface area contributed by atoms with Gasteiger partial charge in [0.05, 0.1) is 5.02 Å². The molecule has 1 N–H and O–H groups in total. The summed E-state index contributed by atoms with van der Waals surface area (Å²) in [4.78, 5) is 1.20. The zero-order chi connectivity index (χ0) is 14.5. The molecule has 0 saturated heterocycles. The quantitative estimate of drug-likeness (QED) is 0.775. The lowest BCUT2D eigenvalue weighted by Crippen LogP contribution is -2.11. The maximum absolute atomic E-state index is 13.1. The highest BCUT2D eigenvalue weighted by Crippen LogP contribution is 2.27. The smallest absolute Gasteiger partial charge is 0.141 e. The molecule has 0 aliphatic rings. The van der Waals surface area contributed by atoms with Gasteiger partial charge in [-0.25, -0.2) is 4.39 Å². The fraction of sp³-hybridized carbons (Fsp3) is 0.250. The second-order valence-corrected chi connectivity index (χ2v) is 6.08. The van der Waals surface area contributed by atoms with Crippen LogP contribution < -0.4 is 5.32 Å². The van der Waals surface area contributed by atoms with Gasteiger partial charge in [0.1, 0.15) is 5.82 Å². The number of thioether (sulfide) groups is 1. The van der Waals surface area contributed by atoms with E-state index in [0.29, 0.717) is 6.04 Å². The average Bonchev–Trinajstić information content (AvgIpc) is 2.48. The first kappa shape index (κ1) is 15.4. The van der Waals surface area contributed by atoms with Crippen LogP contribution in [0.15, 0.2) is 47.4 Å². The highest BCUT2D eigenvalue weighted by molar-refractivity contribution is 7.98. The Kier molecular flexibility index (Phi) is 5.46. The first-order valence-electron chi connectivity index (χ1n) is 6.44. The normalized spacial score (nSPS) is 12.4. The molecule has 0 aliphatic carbocycles. The van der Waals surface area contributed by atoms with E-state index in [1.54, 1.807) is 23.9 Å². The van der Waals surface area contributed by atoms with Crippen molar-refractivity contribution in [2.24, 2.45) is 0 Å². The van der Waals surface area contributed by atoms with Crippen molar-refractivity contribution in [1.82, 2.24) is 5.32 Å². The minimum atomic E-state index is -0.370. The first-order chi connectivity index (χ1) is 9.60. The molecule has 0 spiro atoms. The number of nitrogens with one attached hydrogen (secondary N) is 1. The SMILES string of the molecule is CNC(C)c1cccc(SCc2ccc(F)c(Cl)c2)c1. The Morgan fingerprint density at radius 3 is 2.75 bits per heavy atom. The number of benzene rings is 2. The fourth-order valence-electron chi connectivity index (χ4n) is 1.84. The van der Waals surface area contributed by atoms with Crippen LogP contribution in [0, 0.1) is 5.82 Å². The molecule has 1 atom stereocenters. The summed E-state index contributed by atoms with van der Waals surface area (Å²) in [5, 5.41) is 3.41. The van der Waals surface area contributed by atoms with Crippen LogP contribution in [0.25, 0.3) is 0 Å². The van der Waals surface area contributed by atoms with E-state index >= 15 is 0 Å². The Labute approximate surface area is 128 Å². The van der Waals surface area contributed by atoms with Crippen LogP contribution in [-0.4, -0.2) is 7.05 Å². The van der Waals surface area contributed by atoms with Gasteiger partial charge < -0.3 is 5.32 Å². The van der Waals surface area contributed by atoms with E-state index in [9.17, 15) is 4.39 Å². The molecule has 0 amide bonds. The van der Waals surface area contributed by atoms with Gasteiger partial charge in [-0.2, -0.15) is 0 Å². The lowest BCUT2D eigenvalue weighted by Gasteiger charge is -2.12. The molecule has 0 heterocycles. The maximum atomic E-state index is 13.1. The standard InChI is InChI=1S/C16H17ClFNS/c1-11(19-2)13-4-3-5-14(9-13)20-10-12-6-7-16(18)15(17)8-12/h3-9,11,19H,10H2,1-2H3. The summed E-state index contributed by atoms with van der Waals surface area (Å²) >= 11 is 7.51. The predicted octanol–water partition coefficient (Wildman–Crippen LogP) is 5.05. The zero-order valence-electron chi connectivity index (χ0n) is 11.5. The van der Waals surface area contributed by atoms with Gasteiger partial charge in [0.25, 0.3) is 0 Å². The van der Waals surface area contributed by atoms with E-state index in [1.165, 1.54) is 16.5 Å². The highest BCUT2D eigenvalue weighted by Gasteiger charge is 2.05. The largest absolute Gasteiger partial charge is 0.313 e. The third-order valence-corrected chi connectivity index (χ3v) is 4.54. The monoisotopic (exact) mass is 309 g/mol. The summed E-state index contributed by atoms with van der Waals surface area (Å²) in [6, 6.07) is 13.6. The fourth-order valence-corrected chi connectivity index (χ4v) is 2.95. The molecule has 20 heavy (non-hydrogen) atoms. The first-order valence-corrected chi connectivity index (χ1v) is 7.80.